The minimum Gasteiger partial charge on any atom is -0.347 e. The summed E-state index contributed by atoms with van der Waals surface area (Å²) < 4.78 is 0. The molecule has 2 aliphatic heterocycles. The third-order valence-corrected chi connectivity index (χ3v) is 11.1. The van der Waals surface area contributed by atoms with Crippen LogP contribution in [0.5, 0.6) is 0 Å². The van der Waals surface area contributed by atoms with Crippen LogP contribution in [0.1, 0.15) is 84.9 Å². The zero-order valence-corrected chi connectivity index (χ0v) is 28.8. The summed E-state index contributed by atoms with van der Waals surface area (Å²) in [6.07, 6.45) is 11.7. The van der Waals surface area contributed by atoms with Gasteiger partial charge >= 0.3 is 0 Å². The lowest BCUT2D eigenvalue weighted by molar-refractivity contribution is 0.235. The number of anilines is 1. The summed E-state index contributed by atoms with van der Waals surface area (Å²) in [5.41, 5.74) is 13.3. The van der Waals surface area contributed by atoms with Crippen LogP contribution in [-0.4, -0.2) is 12.8 Å². The molecule has 0 saturated carbocycles. The Hall–Kier alpha value is -3.91. The van der Waals surface area contributed by atoms with Gasteiger partial charge in [0, 0.05) is 35.5 Å². The summed E-state index contributed by atoms with van der Waals surface area (Å²) in [5, 5.41) is 0. The first-order valence-electron chi connectivity index (χ1n) is 16.7. The maximum absolute atomic E-state index is 5.20. The van der Waals surface area contributed by atoms with E-state index in [-0.39, 0.29) is 16.2 Å². The summed E-state index contributed by atoms with van der Waals surface area (Å²) in [6.45, 7) is 19.0. The lowest BCUT2D eigenvalue weighted by atomic mass is 9.67. The molecule has 2 nitrogen and oxygen atoms in total. The summed E-state index contributed by atoms with van der Waals surface area (Å²) in [7, 11) is 2.21. The second-order valence-corrected chi connectivity index (χ2v) is 15.5. The first kappa shape index (κ1) is 31.1. The van der Waals surface area contributed by atoms with Gasteiger partial charge in [0.05, 0.1) is 5.69 Å². The van der Waals surface area contributed by atoms with E-state index in [0.717, 1.165) is 24.2 Å². The normalized spacial score (nSPS) is 24.3. The molecule has 232 valence electrons. The smallest absolute Gasteiger partial charge is 0.0670 e. The van der Waals surface area contributed by atoms with Gasteiger partial charge < -0.3 is 4.90 Å². The number of likely N-dealkylation sites (N-methyl/N-ethyl adjacent to an activating group) is 1. The SMILES string of the molecule is C[C@H]1C(/C=C/C2=C(c3ccccc3)C(=C/C=C3/N(C)c4ccccc4C3(C)C)/CC(C(C)(C)C)C2)=Nc2ccccc2C1(C)C. The Labute approximate surface area is 272 Å². The number of hydrogen-bond donors (Lipinski definition) is 0. The molecule has 0 saturated heterocycles. The van der Waals surface area contributed by atoms with Crippen molar-refractivity contribution in [3.05, 3.63) is 137 Å². The average molecular weight is 595 g/mol. The van der Waals surface area contributed by atoms with Gasteiger partial charge in [0.15, 0.2) is 0 Å². The van der Waals surface area contributed by atoms with Crippen molar-refractivity contribution in [2.45, 2.75) is 79.1 Å². The van der Waals surface area contributed by atoms with E-state index >= 15 is 0 Å². The molecule has 0 bridgehead atoms. The molecule has 2 heterocycles. The Morgan fingerprint density at radius 1 is 0.778 bits per heavy atom. The highest BCUT2D eigenvalue weighted by Crippen LogP contribution is 2.49. The predicted octanol–water partition coefficient (Wildman–Crippen LogP) is 11.4. The number of rotatable bonds is 4. The van der Waals surface area contributed by atoms with E-state index in [1.54, 1.807) is 0 Å². The topological polar surface area (TPSA) is 15.6 Å². The van der Waals surface area contributed by atoms with Crippen LogP contribution in [0.3, 0.4) is 0 Å². The Bertz CT molecular complexity index is 1750. The van der Waals surface area contributed by atoms with Crippen LogP contribution in [0.4, 0.5) is 11.4 Å². The minimum absolute atomic E-state index is 0.0180. The molecule has 3 aromatic carbocycles. The van der Waals surface area contributed by atoms with E-state index in [4.69, 9.17) is 4.99 Å². The second-order valence-electron chi connectivity index (χ2n) is 15.5. The van der Waals surface area contributed by atoms with E-state index in [0.29, 0.717) is 11.8 Å². The molecule has 3 aliphatic rings. The van der Waals surface area contributed by atoms with Crippen LogP contribution < -0.4 is 4.90 Å². The highest BCUT2D eigenvalue weighted by molar-refractivity contribution is 6.02. The molecule has 0 aromatic heterocycles. The fourth-order valence-electron chi connectivity index (χ4n) is 7.71. The van der Waals surface area contributed by atoms with Crippen molar-refractivity contribution >= 4 is 22.7 Å². The van der Waals surface area contributed by atoms with Crippen molar-refractivity contribution in [3.63, 3.8) is 0 Å². The van der Waals surface area contributed by atoms with Crippen LogP contribution in [-0.2, 0) is 10.8 Å². The molecule has 1 unspecified atom stereocenters. The molecule has 45 heavy (non-hydrogen) atoms. The Kier molecular flexibility index (Phi) is 7.92. The molecule has 2 heteroatoms. The summed E-state index contributed by atoms with van der Waals surface area (Å²) in [6, 6.07) is 28.5. The standard InChI is InChI=1S/C43H50N2/c1-29-36(44-37-21-15-13-19-34(37)42(29,5)6)25-23-31-27-33(41(2,3)4)28-32(40(31)30-17-11-10-12-18-30)24-26-39-43(7,8)35-20-14-16-22-38(35)45(39)9/h10-26,29,33H,27-28H2,1-9H3/b25-23+,32-24+,39-26+/t29-,33?/m0/s1. The molecule has 1 aliphatic carbocycles. The fraction of sp³-hybridized carbons (Fsp3) is 0.372. The van der Waals surface area contributed by atoms with Crippen molar-refractivity contribution < 1.29 is 0 Å². The van der Waals surface area contributed by atoms with Crippen molar-refractivity contribution in [1.82, 2.24) is 0 Å². The van der Waals surface area contributed by atoms with E-state index in [1.165, 1.54) is 44.8 Å². The lowest BCUT2D eigenvalue weighted by Crippen LogP contribution is -2.34. The molecule has 0 radical (unpaired) electrons. The fourth-order valence-corrected chi connectivity index (χ4v) is 7.71. The summed E-state index contributed by atoms with van der Waals surface area (Å²) in [4.78, 5) is 7.58. The highest BCUT2D eigenvalue weighted by Gasteiger charge is 2.39. The first-order chi connectivity index (χ1) is 21.3. The second kappa shape index (κ2) is 11.5. The first-order valence-corrected chi connectivity index (χ1v) is 16.7. The van der Waals surface area contributed by atoms with Gasteiger partial charge in [-0.15, -0.1) is 0 Å². The highest BCUT2D eigenvalue weighted by atomic mass is 15.2. The van der Waals surface area contributed by atoms with Crippen LogP contribution in [0.15, 0.2) is 125 Å². The number of para-hydroxylation sites is 2. The molecular weight excluding hydrogens is 544 g/mol. The van der Waals surface area contributed by atoms with Gasteiger partial charge in [0.2, 0.25) is 0 Å². The zero-order chi connectivity index (χ0) is 32.1. The molecule has 6 rings (SSSR count). The third-order valence-electron chi connectivity index (χ3n) is 11.1. The molecule has 0 amide bonds. The van der Waals surface area contributed by atoms with E-state index < -0.39 is 0 Å². The molecular formula is C43H50N2. The van der Waals surface area contributed by atoms with Crippen LogP contribution >= 0.6 is 0 Å². The molecule has 0 spiro atoms. The van der Waals surface area contributed by atoms with E-state index in [9.17, 15) is 0 Å². The van der Waals surface area contributed by atoms with Crippen molar-refractivity contribution in [3.8, 4) is 0 Å². The van der Waals surface area contributed by atoms with Gasteiger partial charge in [-0.3, -0.25) is 4.99 Å². The maximum atomic E-state index is 5.20. The third kappa shape index (κ3) is 5.58. The van der Waals surface area contributed by atoms with Crippen molar-refractivity contribution in [2.24, 2.45) is 22.2 Å². The van der Waals surface area contributed by atoms with Gasteiger partial charge in [0.25, 0.3) is 0 Å². The zero-order valence-electron chi connectivity index (χ0n) is 28.8. The minimum atomic E-state index is -0.0573. The van der Waals surface area contributed by atoms with Crippen LogP contribution in [0, 0.1) is 17.3 Å². The van der Waals surface area contributed by atoms with E-state index in [2.05, 4.69) is 171 Å². The Morgan fingerprint density at radius 3 is 2.11 bits per heavy atom. The molecule has 3 aromatic rings. The lowest BCUT2D eigenvalue weighted by Gasteiger charge is -2.38. The van der Waals surface area contributed by atoms with Crippen molar-refractivity contribution in [2.75, 3.05) is 11.9 Å². The quantitative estimate of drug-likeness (QED) is 0.293. The molecule has 0 fully saturated rings. The Morgan fingerprint density at radius 2 is 1.42 bits per heavy atom. The molecule has 0 N–H and O–H groups in total. The van der Waals surface area contributed by atoms with Crippen molar-refractivity contribution in [1.29, 1.82) is 0 Å². The largest absolute Gasteiger partial charge is 0.347 e. The number of aliphatic imine (C=N–C) groups is 1. The number of benzene rings is 3. The van der Waals surface area contributed by atoms with Gasteiger partial charge in [-0.25, -0.2) is 0 Å². The summed E-state index contributed by atoms with van der Waals surface area (Å²) >= 11 is 0. The van der Waals surface area contributed by atoms with Gasteiger partial charge in [-0.1, -0.05) is 134 Å². The number of nitrogens with zero attached hydrogens (tertiary/aromatic N) is 2. The van der Waals surface area contributed by atoms with Gasteiger partial charge in [0.1, 0.15) is 0 Å². The van der Waals surface area contributed by atoms with E-state index in [1.807, 2.05) is 0 Å². The maximum Gasteiger partial charge on any atom is 0.0670 e. The van der Waals surface area contributed by atoms with Gasteiger partial charge in [-0.05, 0) is 87.3 Å². The molecule has 2 atom stereocenters. The number of fused-ring (bicyclic) bond motifs is 2. The summed E-state index contributed by atoms with van der Waals surface area (Å²) in [5.74, 6) is 0.844. The Balaban J connectivity index is 1.50. The van der Waals surface area contributed by atoms with Crippen LogP contribution in [0.25, 0.3) is 5.57 Å². The monoisotopic (exact) mass is 594 g/mol. The predicted molar refractivity (Wildman–Crippen MR) is 194 cm³/mol. The number of hydrogen-bond acceptors (Lipinski definition) is 2. The average Bonchev–Trinajstić information content (AvgIpc) is 3.21. The van der Waals surface area contributed by atoms with Crippen LogP contribution in [0.2, 0.25) is 0 Å². The number of allylic oxidation sites excluding steroid dienone is 8. The van der Waals surface area contributed by atoms with Gasteiger partial charge in [-0.2, -0.15) is 0 Å².